The van der Waals surface area contributed by atoms with Crippen LogP contribution in [0.2, 0.25) is 0 Å². The molecule has 8 aromatic carbocycles. The summed E-state index contributed by atoms with van der Waals surface area (Å²) >= 11 is 0. The van der Waals surface area contributed by atoms with Crippen molar-refractivity contribution >= 4 is 105 Å². The van der Waals surface area contributed by atoms with E-state index in [-0.39, 0.29) is 0 Å². The second-order valence-corrected chi connectivity index (χ2v) is 33.2. The van der Waals surface area contributed by atoms with E-state index in [1.165, 1.54) is 134 Å². The Labute approximate surface area is 680 Å². The smallest absolute Gasteiger partial charge is 0.0737 e. The summed E-state index contributed by atoms with van der Waals surface area (Å²) in [6.07, 6.45) is 22.1. The summed E-state index contributed by atoms with van der Waals surface area (Å²) in [5.74, 6) is 0. The van der Waals surface area contributed by atoms with E-state index in [4.69, 9.17) is 19.9 Å². The van der Waals surface area contributed by atoms with Gasteiger partial charge in [0.05, 0.1) is 45.6 Å². The highest BCUT2D eigenvalue weighted by Gasteiger charge is 2.27. The Morgan fingerprint density at radius 2 is 0.319 bits per heavy atom. The number of nitrogens with one attached hydrogen (secondary N) is 4. The van der Waals surface area contributed by atoms with Crippen LogP contribution in [0.1, 0.15) is 157 Å². The van der Waals surface area contributed by atoms with Crippen LogP contribution in [0.4, 0.5) is 0 Å². The molecule has 0 amide bonds. The number of aromatic amines is 4. The van der Waals surface area contributed by atoms with Crippen LogP contribution in [0.5, 0.6) is 0 Å². The summed E-state index contributed by atoms with van der Waals surface area (Å²) in [5.41, 5.74) is 56.2. The third-order valence-corrected chi connectivity index (χ3v) is 23.9. The molecule has 0 saturated heterocycles. The summed E-state index contributed by atoms with van der Waals surface area (Å²) < 4.78 is 0. The van der Waals surface area contributed by atoms with Gasteiger partial charge in [-0.1, -0.05) is 167 Å². The fourth-order valence-corrected chi connectivity index (χ4v) is 19.8. The van der Waals surface area contributed by atoms with Gasteiger partial charge in [-0.05, 0) is 344 Å². The normalized spacial score (nSPS) is 12.4. The molecule has 4 aliphatic rings. The van der Waals surface area contributed by atoms with Crippen molar-refractivity contribution in [1.82, 2.24) is 39.9 Å². The number of fused-ring (bicyclic) bond motifs is 16. The first-order valence-corrected chi connectivity index (χ1v) is 40.6. The molecule has 0 aliphatic carbocycles. The largest absolute Gasteiger partial charge is 0.354 e. The van der Waals surface area contributed by atoms with Crippen LogP contribution >= 0.6 is 0 Å². The van der Waals surface area contributed by atoms with Gasteiger partial charge in [-0.2, -0.15) is 0 Å². The lowest BCUT2D eigenvalue weighted by Gasteiger charge is -2.14. The van der Waals surface area contributed by atoms with Crippen molar-refractivity contribution in [3.63, 3.8) is 0 Å². The average Bonchev–Trinajstić information content (AvgIpc) is 1.61. The zero-order valence-corrected chi connectivity index (χ0v) is 69.7. The molecule has 6 aromatic heterocycles. The zero-order valence-electron chi connectivity index (χ0n) is 69.7. The predicted molar refractivity (Wildman–Crippen MR) is 495 cm³/mol. The van der Waals surface area contributed by atoms with Gasteiger partial charge < -0.3 is 19.9 Å². The second-order valence-electron chi connectivity index (χ2n) is 33.2. The Balaban J connectivity index is 0.795. The fraction of sp³-hybridized carbons (Fsp3) is 0.167. The van der Waals surface area contributed by atoms with Gasteiger partial charge in [0, 0.05) is 88.6 Å². The number of nitrogens with zero attached hydrogens (tertiary/aromatic N) is 4. The lowest BCUT2D eigenvalue weighted by atomic mass is 9.92. The summed E-state index contributed by atoms with van der Waals surface area (Å²) in [6, 6.07) is 63.3. The Morgan fingerprint density at radius 3 is 0.483 bits per heavy atom. The topological polar surface area (TPSA) is 115 Å². The summed E-state index contributed by atoms with van der Waals surface area (Å²) in [5, 5.41) is 0. The van der Waals surface area contributed by atoms with Crippen LogP contribution in [-0.4, -0.2) is 39.9 Å². The van der Waals surface area contributed by atoms with E-state index in [0.717, 1.165) is 156 Å². The molecule has 8 nitrogen and oxygen atoms in total. The van der Waals surface area contributed by atoms with Crippen molar-refractivity contribution in [3.05, 3.63) is 327 Å². The number of hydrogen-bond donors (Lipinski definition) is 4. The number of rotatable bonds is 10. The number of aryl methyl sites for hydroxylation is 18. The molecule has 10 heterocycles. The SMILES string of the molecule is Cc1cc(C)c(-c2c3nc(c(-c4c(C)cc(C)cc4C)c4ccc([nH]4)c(-c4c(C)cc(C)cc4C)c4nc(c(-c5ccc(/C=C/c6ccc(-c7c8nc(c(-c9c(C)cc(C)cc9C)c9ccc([nH]9)c(-c9c(C)cc(C)cc9C)c9nc(c(-c%10c(C)cc(C)cc%10C)c%10ccc7[nH]%10)C=C9)C=C8)cc6)cc5)c5ccc2[nH]5)C=C4)C=C3)c(C)c1. The standard InChI is InChI=1S/C108H96N8/c1-57-45-63(7)95(64(8)46-57)103-83-33-29-79(109-83)101(80-30-34-84(110-80)104(96-65(9)47-58(2)48-66(96)10)88-38-42-92(114-88)107(91-41-37-87(103)113-91)99-71(15)53-61(5)54-72(99)16)77-25-21-75(22-26-77)19-20-76-23-27-78(28-24-76)102-81-31-35-85(111-81)105(97-67(11)49-59(3)50-68(97)12)89-39-43-93(115-89)108(100-73(17)55-62(6)56-74(100)18)94-44-40-90(116-94)106(86-36-32-82(102)112-86)98-69(13)51-60(4)52-70(98)14/h19-56,109,111,114,116H,1-18H3/b20-19+,101-79?,101-80?,102-81?,102-82?,103-83?,103-87?,104-84?,104-88?,105-85?,105-89?,106-86?,106-90?,107-91?,107-92?,108-93?,108-94?. The molecular formula is C108H96N8. The van der Waals surface area contributed by atoms with Crippen LogP contribution in [0.3, 0.4) is 0 Å². The average molecular weight is 1510 g/mol. The lowest BCUT2D eigenvalue weighted by Crippen LogP contribution is -1.96. The monoisotopic (exact) mass is 1500 g/mol. The molecule has 14 aromatic rings. The third-order valence-electron chi connectivity index (χ3n) is 23.9. The highest BCUT2D eigenvalue weighted by atomic mass is 14.8. The van der Waals surface area contributed by atoms with Crippen molar-refractivity contribution in [2.45, 2.75) is 125 Å². The first-order valence-electron chi connectivity index (χ1n) is 40.6. The molecule has 0 radical (unpaired) electrons. The van der Waals surface area contributed by atoms with E-state index in [1.807, 2.05) is 0 Å². The maximum Gasteiger partial charge on any atom is 0.0737 e. The molecule has 0 spiro atoms. The van der Waals surface area contributed by atoms with Crippen molar-refractivity contribution in [1.29, 1.82) is 0 Å². The van der Waals surface area contributed by atoms with Gasteiger partial charge in [-0.3, -0.25) is 0 Å². The molecule has 0 fully saturated rings. The van der Waals surface area contributed by atoms with E-state index in [1.54, 1.807) is 0 Å². The molecule has 0 saturated carbocycles. The van der Waals surface area contributed by atoms with Crippen LogP contribution in [0, 0.1) is 125 Å². The van der Waals surface area contributed by atoms with Gasteiger partial charge in [-0.15, -0.1) is 0 Å². The predicted octanol–water partition coefficient (Wildman–Crippen LogP) is 28.7. The van der Waals surface area contributed by atoms with Crippen molar-refractivity contribution in [3.8, 4) is 89.0 Å². The molecule has 568 valence electrons. The summed E-state index contributed by atoms with van der Waals surface area (Å²) in [7, 11) is 0. The number of benzene rings is 8. The van der Waals surface area contributed by atoms with Gasteiger partial charge in [0.2, 0.25) is 0 Å². The second kappa shape index (κ2) is 29.0. The van der Waals surface area contributed by atoms with Gasteiger partial charge in [-0.25, -0.2) is 19.9 Å². The van der Waals surface area contributed by atoms with E-state index < -0.39 is 0 Å². The lowest BCUT2D eigenvalue weighted by molar-refractivity contribution is 1.27. The molecule has 8 heteroatoms. The van der Waals surface area contributed by atoms with Crippen molar-refractivity contribution < 1.29 is 0 Å². The zero-order chi connectivity index (χ0) is 80.5. The van der Waals surface area contributed by atoms with Crippen LogP contribution in [0.15, 0.2) is 170 Å². The summed E-state index contributed by atoms with van der Waals surface area (Å²) in [6.45, 7) is 39.8. The third kappa shape index (κ3) is 13.2. The Bertz CT molecular complexity index is 6440. The maximum atomic E-state index is 5.76. The highest BCUT2D eigenvalue weighted by Crippen LogP contribution is 2.47. The summed E-state index contributed by atoms with van der Waals surface area (Å²) in [4.78, 5) is 39.2. The molecular weight excluding hydrogens is 1410 g/mol. The minimum absolute atomic E-state index is 0.866. The van der Waals surface area contributed by atoms with E-state index >= 15 is 0 Å². The molecule has 0 unspecified atom stereocenters. The maximum absolute atomic E-state index is 5.76. The molecule has 4 aliphatic heterocycles. The molecule has 16 bridgehead atoms. The first-order chi connectivity index (χ1) is 55.8. The van der Waals surface area contributed by atoms with E-state index in [2.05, 4.69) is 375 Å². The number of H-pyrrole nitrogens is 4. The number of aromatic nitrogens is 8. The van der Waals surface area contributed by atoms with Crippen molar-refractivity contribution in [2.75, 3.05) is 0 Å². The molecule has 116 heavy (non-hydrogen) atoms. The van der Waals surface area contributed by atoms with E-state index in [9.17, 15) is 0 Å². The molecule has 18 rings (SSSR count). The van der Waals surface area contributed by atoms with Crippen LogP contribution in [-0.2, 0) is 0 Å². The van der Waals surface area contributed by atoms with Crippen LogP contribution < -0.4 is 0 Å². The Morgan fingerprint density at radius 1 is 0.172 bits per heavy atom. The highest BCUT2D eigenvalue weighted by molar-refractivity contribution is 6.05. The Hall–Kier alpha value is -13.3. The minimum Gasteiger partial charge on any atom is -0.354 e. The molecule has 4 N–H and O–H groups in total. The quantitative estimate of drug-likeness (QED) is 0.102. The van der Waals surface area contributed by atoms with Gasteiger partial charge in [0.25, 0.3) is 0 Å². The first kappa shape index (κ1) is 74.1. The fourth-order valence-electron chi connectivity index (χ4n) is 19.8. The van der Waals surface area contributed by atoms with Gasteiger partial charge in [0.1, 0.15) is 0 Å². The van der Waals surface area contributed by atoms with Crippen molar-refractivity contribution in [2.24, 2.45) is 0 Å². The van der Waals surface area contributed by atoms with Gasteiger partial charge >= 0.3 is 0 Å². The van der Waals surface area contributed by atoms with E-state index in [0.29, 0.717) is 0 Å². The Kier molecular flexibility index (Phi) is 18.5. The number of hydrogen-bond acceptors (Lipinski definition) is 4. The molecule has 0 atom stereocenters. The van der Waals surface area contributed by atoms with Gasteiger partial charge in [0.15, 0.2) is 0 Å². The minimum atomic E-state index is 0.866. The van der Waals surface area contributed by atoms with Crippen LogP contribution in [0.25, 0.3) is 194 Å².